The standard InChI is InChI=1S/C17H17BrN6O/c1-11-2-5-23-7-4-19-16(14(11)23)24-6-3-13(10-24)22-17(25)15-20-8-12(18)9-21-15/h2,4-5,7-9,13H,3,6,10H2,1H3,(H,22,25)/t13-/m0/s1. The van der Waals surface area contributed by atoms with Crippen LogP contribution in [-0.2, 0) is 0 Å². The zero-order valence-corrected chi connectivity index (χ0v) is 15.3. The summed E-state index contributed by atoms with van der Waals surface area (Å²) >= 11 is 3.27. The van der Waals surface area contributed by atoms with Gasteiger partial charge in [-0.05, 0) is 40.9 Å². The van der Waals surface area contributed by atoms with Gasteiger partial charge in [0.15, 0.2) is 5.82 Å². The molecule has 25 heavy (non-hydrogen) atoms. The largest absolute Gasteiger partial charge is 0.353 e. The molecule has 0 bridgehead atoms. The molecule has 3 aromatic rings. The average Bonchev–Trinajstić information content (AvgIpc) is 3.23. The number of halogens is 1. The molecule has 4 rings (SSSR count). The number of carbonyl (C=O) groups excluding carboxylic acids is 1. The van der Waals surface area contributed by atoms with Gasteiger partial charge in [0.25, 0.3) is 5.91 Å². The lowest BCUT2D eigenvalue weighted by atomic mass is 10.2. The van der Waals surface area contributed by atoms with Crippen molar-refractivity contribution in [2.45, 2.75) is 19.4 Å². The fourth-order valence-corrected chi connectivity index (χ4v) is 3.39. The van der Waals surface area contributed by atoms with E-state index >= 15 is 0 Å². The third-order valence-electron chi connectivity index (χ3n) is 4.40. The zero-order valence-electron chi connectivity index (χ0n) is 13.7. The molecule has 0 aliphatic carbocycles. The van der Waals surface area contributed by atoms with Gasteiger partial charge in [0.1, 0.15) is 0 Å². The van der Waals surface area contributed by atoms with Crippen molar-refractivity contribution in [3.8, 4) is 0 Å². The van der Waals surface area contributed by atoms with Crippen molar-refractivity contribution in [2.75, 3.05) is 18.0 Å². The second kappa shape index (κ2) is 6.44. The molecule has 1 amide bonds. The van der Waals surface area contributed by atoms with Crippen LogP contribution in [0, 0.1) is 6.92 Å². The molecule has 0 unspecified atom stereocenters. The molecule has 7 nitrogen and oxygen atoms in total. The van der Waals surface area contributed by atoms with E-state index in [0.29, 0.717) is 0 Å². The van der Waals surface area contributed by atoms with Crippen molar-refractivity contribution in [3.63, 3.8) is 0 Å². The number of fused-ring (bicyclic) bond motifs is 1. The van der Waals surface area contributed by atoms with Gasteiger partial charge in [0.05, 0.1) is 9.99 Å². The molecule has 0 aromatic carbocycles. The number of hydrogen-bond acceptors (Lipinski definition) is 5. The van der Waals surface area contributed by atoms with Crippen LogP contribution < -0.4 is 10.2 Å². The van der Waals surface area contributed by atoms with E-state index in [9.17, 15) is 4.79 Å². The van der Waals surface area contributed by atoms with Crippen molar-refractivity contribution >= 4 is 33.2 Å². The molecule has 0 spiro atoms. The molecule has 8 heteroatoms. The molecule has 1 saturated heterocycles. The number of aryl methyl sites for hydroxylation is 1. The SMILES string of the molecule is Cc1ccn2ccnc(N3CC[C@H](NC(=O)c4ncc(Br)cn4)C3)c12. The quantitative estimate of drug-likeness (QED) is 0.729. The molecule has 3 aromatic heterocycles. The molecule has 1 aliphatic rings. The van der Waals surface area contributed by atoms with E-state index in [4.69, 9.17) is 0 Å². The van der Waals surface area contributed by atoms with Gasteiger partial charge in [-0.15, -0.1) is 0 Å². The van der Waals surface area contributed by atoms with Crippen LogP contribution in [0.2, 0.25) is 0 Å². The van der Waals surface area contributed by atoms with E-state index in [1.807, 2.05) is 18.6 Å². The fourth-order valence-electron chi connectivity index (χ4n) is 3.18. The van der Waals surface area contributed by atoms with Gasteiger partial charge in [-0.2, -0.15) is 0 Å². The van der Waals surface area contributed by atoms with E-state index in [0.717, 1.165) is 35.3 Å². The summed E-state index contributed by atoms with van der Waals surface area (Å²) in [6.07, 6.45) is 9.81. The maximum atomic E-state index is 12.3. The number of hydrogen-bond donors (Lipinski definition) is 1. The Labute approximate surface area is 153 Å². The predicted octanol–water partition coefficient (Wildman–Crippen LogP) is 2.20. The molecule has 1 atom stereocenters. The average molecular weight is 401 g/mol. The van der Waals surface area contributed by atoms with Gasteiger partial charge in [-0.1, -0.05) is 0 Å². The number of amides is 1. The Morgan fingerprint density at radius 1 is 1.28 bits per heavy atom. The number of carbonyl (C=O) groups is 1. The first-order valence-electron chi connectivity index (χ1n) is 8.07. The van der Waals surface area contributed by atoms with Crippen LogP contribution in [0.3, 0.4) is 0 Å². The molecule has 1 N–H and O–H groups in total. The Hall–Kier alpha value is -2.48. The predicted molar refractivity (Wildman–Crippen MR) is 97.7 cm³/mol. The monoisotopic (exact) mass is 400 g/mol. The summed E-state index contributed by atoms with van der Waals surface area (Å²) in [4.78, 5) is 27.2. The van der Waals surface area contributed by atoms with Crippen LogP contribution in [0.1, 0.15) is 22.6 Å². The topological polar surface area (TPSA) is 75.4 Å². The fraction of sp³-hybridized carbons (Fsp3) is 0.294. The summed E-state index contributed by atoms with van der Waals surface area (Å²) in [5, 5.41) is 3.02. The highest BCUT2D eigenvalue weighted by Gasteiger charge is 2.27. The van der Waals surface area contributed by atoms with Crippen molar-refractivity contribution in [1.82, 2.24) is 24.7 Å². The third kappa shape index (κ3) is 3.09. The molecule has 0 saturated carbocycles. The van der Waals surface area contributed by atoms with Gasteiger partial charge in [-0.25, -0.2) is 15.0 Å². The maximum Gasteiger partial charge on any atom is 0.289 e. The van der Waals surface area contributed by atoms with Crippen molar-refractivity contribution in [1.29, 1.82) is 0 Å². The molecule has 4 heterocycles. The lowest BCUT2D eigenvalue weighted by molar-refractivity contribution is 0.0929. The van der Waals surface area contributed by atoms with Gasteiger partial charge < -0.3 is 14.6 Å². The van der Waals surface area contributed by atoms with Gasteiger partial charge in [-0.3, -0.25) is 4.79 Å². The smallest absolute Gasteiger partial charge is 0.289 e. The summed E-state index contributed by atoms with van der Waals surface area (Å²) in [5.41, 5.74) is 2.31. The minimum absolute atomic E-state index is 0.0528. The third-order valence-corrected chi connectivity index (χ3v) is 4.81. The summed E-state index contributed by atoms with van der Waals surface area (Å²) in [7, 11) is 0. The van der Waals surface area contributed by atoms with Crippen LogP contribution in [0.5, 0.6) is 0 Å². The van der Waals surface area contributed by atoms with Crippen LogP contribution in [0.4, 0.5) is 5.82 Å². The van der Waals surface area contributed by atoms with Gasteiger partial charge in [0, 0.05) is 50.1 Å². The second-order valence-electron chi connectivity index (χ2n) is 6.14. The Kier molecular flexibility index (Phi) is 4.12. The number of anilines is 1. The Morgan fingerprint density at radius 3 is 2.88 bits per heavy atom. The zero-order chi connectivity index (χ0) is 17.4. The van der Waals surface area contributed by atoms with Crippen LogP contribution in [-0.4, -0.2) is 44.4 Å². The molecular weight excluding hydrogens is 384 g/mol. The highest BCUT2D eigenvalue weighted by Crippen LogP contribution is 2.26. The van der Waals surface area contributed by atoms with E-state index in [1.165, 1.54) is 5.56 Å². The Bertz CT molecular complexity index is 923. The van der Waals surface area contributed by atoms with Crippen LogP contribution in [0.25, 0.3) is 5.52 Å². The van der Waals surface area contributed by atoms with Crippen molar-refractivity contribution < 1.29 is 4.79 Å². The highest BCUT2D eigenvalue weighted by molar-refractivity contribution is 9.10. The first kappa shape index (κ1) is 16.0. The van der Waals surface area contributed by atoms with E-state index in [2.05, 4.69) is 58.5 Å². The molecular formula is C17H17BrN6O. The van der Waals surface area contributed by atoms with Crippen LogP contribution >= 0.6 is 15.9 Å². The number of nitrogens with zero attached hydrogens (tertiary/aromatic N) is 5. The van der Waals surface area contributed by atoms with Crippen molar-refractivity contribution in [2.24, 2.45) is 0 Å². The van der Waals surface area contributed by atoms with E-state index in [-0.39, 0.29) is 17.8 Å². The lowest BCUT2D eigenvalue weighted by Crippen LogP contribution is -2.38. The summed E-state index contributed by atoms with van der Waals surface area (Å²) in [5.74, 6) is 0.898. The molecule has 1 aliphatic heterocycles. The summed E-state index contributed by atoms with van der Waals surface area (Å²) in [6.45, 7) is 3.66. The molecule has 0 radical (unpaired) electrons. The van der Waals surface area contributed by atoms with Gasteiger partial charge in [0.2, 0.25) is 5.82 Å². The summed E-state index contributed by atoms with van der Waals surface area (Å²) < 4.78 is 2.83. The minimum atomic E-state index is -0.246. The highest BCUT2D eigenvalue weighted by atomic mass is 79.9. The van der Waals surface area contributed by atoms with Crippen LogP contribution in [0.15, 0.2) is 41.5 Å². The lowest BCUT2D eigenvalue weighted by Gasteiger charge is -2.19. The second-order valence-corrected chi connectivity index (χ2v) is 7.05. The first-order chi connectivity index (χ1) is 12.1. The summed E-state index contributed by atoms with van der Waals surface area (Å²) in [6, 6.07) is 2.14. The number of aromatic nitrogens is 4. The van der Waals surface area contributed by atoms with E-state index in [1.54, 1.807) is 12.4 Å². The van der Waals surface area contributed by atoms with Crippen molar-refractivity contribution in [3.05, 3.63) is 52.9 Å². The maximum absolute atomic E-state index is 12.3. The minimum Gasteiger partial charge on any atom is -0.353 e. The molecule has 1 fully saturated rings. The number of nitrogens with one attached hydrogen (secondary N) is 1. The van der Waals surface area contributed by atoms with Gasteiger partial charge >= 0.3 is 0 Å². The molecule has 128 valence electrons. The first-order valence-corrected chi connectivity index (χ1v) is 8.87. The Balaban J connectivity index is 1.48. The Morgan fingerprint density at radius 2 is 2.08 bits per heavy atom. The normalized spacial score (nSPS) is 17.2. The number of rotatable bonds is 3. The van der Waals surface area contributed by atoms with E-state index < -0.39 is 0 Å².